The number of rotatable bonds is 4. The molecule has 116 valence electrons. The standard InChI is InChI=1S/C15H19N2.2CH3.Pt/c1-12(2)9-16-11-17(10-13(3)4)15-8-6-5-7-14(15)16;;;/h5-8,11H,1,3,9-10H2,2,4H3;2*1H3;/q3*-1;. The van der Waals surface area contributed by atoms with Gasteiger partial charge in [0.1, 0.15) is 0 Å². The molecule has 1 aliphatic rings. The van der Waals surface area contributed by atoms with Crippen LogP contribution in [0.15, 0.2) is 48.6 Å². The van der Waals surface area contributed by atoms with Gasteiger partial charge in [-0.15, -0.1) is 0 Å². The zero-order valence-electron chi connectivity index (χ0n) is 12.9. The van der Waals surface area contributed by atoms with Gasteiger partial charge in [-0.1, -0.05) is 36.4 Å². The van der Waals surface area contributed by atoms with E-state index in [0.717, 1.165) is 24.2 Å². The first-order chi connectivity index (χ1) is 8.08. The molecule has 0 saturated carbocycles. The van der Waals surface area contributed by atoms with Crippen LogP contribution in [-0.4, -0.2) is 13.1 Å². The molecule has 2 nitrogen and oxygen atoms in total. The second-order valence-corrected chi connectivity index (χ2v) is 4.77. The van der Waals surface area contributed by atoms with Crippen LogP contribution in [0.5, 0.6) is 0 Å². The summed E-state index contributed by atoms with van der Waals surface area (Å²) >= 11 is 0. The molecule has 0 aromatic heterocycles. The van der Waals surface area contributed by atoms with E-state index >= 15 is 0 Å². The summed E-state index contributed by atoms with van der Waals surface area (Å²) in [5, 5.41) is 0. The molecule has 20 heavy (non-hydrogen) atoms. The molecular formula is C17H25N2Pt-3. The smallest absolute Gasteiger partial charge is 0.0301 e. The fraction of sp³-hybridized carbons (Fsp3) is 0.235. The van der Waals surface area contributed by atoms with Crippen LogP contribution in [0.3, 0.4) is 0 Å². The van der Waals surface area contributed by atoms with E-state index < -0.39 is 0 Å². The molecule has 0 saturated heterocycles. The summed E-state index contributed by atoms with van der Waals surface area (Å²) < 4.78 is 0. The van der Waals surface area contributed by atoms with Crippen molar-refractivity contribution in [2.75, 3.05) is 22.9 Å². The number of hydrogen-bond donors (Lipinski definition) is 0. The third-order valence-electron chi connectivity index (χ3n) is 2.66. The minimum absolute atomic E-state index is 0. The zero-order chi connectivity index (χ0) is 12.4. The Kier molecular flexibility index (Phi) is 9.60. The maximum absolute atomic E-state index is 3.98. The van der Waals surface area contributed by atoms with Crippen molar-refractivity contribution in [1.82, 2.24) is 0 Å². The first kappa shape index (κ1) is 21.3. The van der Waals surface area contributed by atoms with Gasteiger partial charge in [-0.3, -0.25) is 0 Å². The van der Waals surface area contributed by atoms with Crippen molar-refractivity contribution in [3.05, 3.63) is 70.1 Å². The van der Waals surface area contributed by atoms with Gasteiger partial charge in [0.25, 0.3) is 0 Å². The van der Waals surface area contributed by atoms with Gasteiger partial charge in [0.15, 0.2) is 0 Å². The molecule has 0 atom stereocenters. The normalized spacial score (nSPS) is 11.7. The van der Waals surface area contributed by atoms with E-state index in [1.807, 2.05) is 0 Å². The van der Waals surface area contributed by atoms with E-state index in [0.29, 0.717) is 0 Å². The maximum atomic E-state index is 3.98. The second kappa shape index (κ2) is 9.02. The molecule has 0 spiro atoms. The third-order valence-corrected chi connectivity index (χ3v) is 2.66. The molecule has 0 fully saturated rings. The average Bonchev–Trinajstić information content (AvgIpc) is 2.56. The maximum Gasteiger partial charge on any atom is 0.0301 e. The van der Waals surface area contributed by atoms with Crippen LogP contribution in [0.1, 0.15) is 13.8 Å². The first-order valence-electron chi connectivity index (χ1n) is 5.84. The molecule has 2 rings (SSSR count). The van der Waals surface area contributed by atoms with Crippen molar-refractivity contribution in [1.29, 1.82) is 0 Å². The number of nitrogens with zero attached hydrogens (tertiary/aromatic N) is 2. The van der Waals surface area contributed by atoms with Gasteiger partial charge >= 0.3 is 0 Å². The fourth-order valence-electron chi connectivity index (χ4n) is 2.08. The van der Waals surface area contributed by atoms with Crippen LogP contribution in [-0.2, 0) is 21.1 Å². The molecule has 3 heteroatoms. The Balaban J connectivity index is 0. The largest absolute Gasteiger partial charge is 0.498 e. The minimum atomic E-state index is 0. The summed E-state index contributed by atoms with van der Waals surface area (Å²) in [6, 6.07) is 8.44. The molecule has 0 bridgehead atoms. The predicted molar refractivity (Wildman–Crippen MR) is 87.9 cm³/mol. The van der Waals surface area contributed by atoms with Gasteiger partial charge in [0.2, 0.25) is 0 Å². The van der Waals surface area contributed by atoms with E-state index in [4.69, 9.17) is 0 Å². The van der Waals surface area contributed by atoms with Crippen LogP contribution in [0.2, 0.25) is 0 Å². The summed E-state index contributed by atoms with van der Waals surface area (Å²) in [7, 11) is 0. The van der Waals surface area contributed by atoms with Crippen molar-refractivity contribution in [2.45, 2.75) is 13.8 Å². The molecule has 1 aromatic carbocycles. The van der Waals surface area contributed by atoms with Gasteiger partial charge in [0.05, 0.1) is 0 Å². The summed E-state index contributed by atoms with van der Waals surface area (Å²) in [6.07, 6.45) is 0. The molecule has 1 aromatic rings. The third kappa shape index (κ3) is 4.83. The SMILES string of the molecule is C=C(C)CN1[CH-]N(CC(=C)C)c2ccccc21.[CH3-].[CH3-].[Pt]. The Bertz CT molecular complexity index is 413. The molecule has 0 unspecified atom stereocenters. The number of fused-ring (bicyclic) bond motifs is 1. The summed E-state index contributed by atoms with van der Waals surface area (Å²) in [5.74, 6) is 0. The first-order valence-corrected chi connectivity index (χ1v) is 5.84. The van der Waals surface area contributed by atoms with Crippen molar-refractivity contribution < 1.29 is 21.1 Å². The Hall–Kier alpha value is -1.01. The van der Waals surface area contributed by atoms with Crippen molar-refractivity contribution in [3.8, 4) is 0 Å². The molecule has 1 heterocycles. The predicted octanol–water partition coefficient (Wildman–Crippen LogP) is 4.48. The number of para-hydroxylation sites is 2. The van der Waals surface area contributed by atoms with Gasteiger partial charge in [0, 0.05) is 45.5 Å². The molecule has 0 radical (unpaired) electrons. The number of anilines is 2. The summed E-state index contributed by atoms with van der Waals surface area (Å²) in [4.78, 5) is 4.47. The number of hydrogen-bond acceptors (Lipinski definition) is 2. The van der Waals surface area contributed by atoms with Crippen molar-refractivity contribution in [2.24, 2.45) is 0 Å². The minimum Gasteiger partial charge on any atom is -0.498 e. The summed E-state index contributed by atoms with van der Waals surface area (Å²) in [6.45, 7) is 15.9. The molecule has 0 amide bonds. The molecule has 0 N–H and O–H groups in total. The zero-order valence-corrected chi connectivity index (χ0v) is 15.2. The Labute approximate surface area is 139 Å². The van der Waals surface area contributed by atoms with Gasteiger partial charge < -0.3 is 24.7 Å². The van der Waals surface area contributed by atoms with Crippen molar-refractivity contribution in [3.63, 3.8) is 0 Å². The average molecular weight is 452 g/mol. The number of benzene rings is 1. The Morgan fingerprint density at radius 2 is 1.30 bits per heavy atom. The van der Waals surface area contributed by atoms with Gasteiger partial charge in [-0.25, -0.2) is 0 Å². The van der Waals surface area contributed by atoms with E-state index in [9.17, 15) is 0 Å². The van der Waals surface area contributed by atoms with Crippen LogP contribution in [0, 0.1) is 21.5 Å². The second-order valence-electron chi connectivity index (χ2n) is 4.77. The summed E-state index contributed by atoms with van der Waals surface area (Å²) in [5.41, 5.74) is 4.81. The van der Waals surface area contributed by atoms with E-state index in [1.165, 1.54) is 11.4 Å². The monoisotopic (exact) mass is 452 g/mol. The van der Waals surface area contributed by atoms with Crippen LogP contribution >= 0.6 is 0 Å². The van der Waals surface area contributed by atoms with Crippen LogP contribution in [0.4, 0.5) is 11.4 Å². The molecule has 1 aliphatic heterocycles. The van der Waals surface area contributed by atoms with E-state index in [1.54, 1.807) is 0 Å². The van der Waals surface area contributed by atoms with Crippen LogP contribution < -0.4 is 9.80 Å². The fourth-order valence-corrected chi connectivity index (χ4v) is 2.08. The quantitative estimate of drug-likeness (QED) is 0.491. The molecular weight excluding hydrogens is 427 g/mol. The van der Waals surface area contributed by atoms with Crippen molar-refractivity contribution >= 4 is 11.4 Å². The Morgan fingerprint density at radius 1 is 0.950 bits per heavy atom. The van der Waals surface area contributed by atoms with Gasteiger partial charge in [-0.05, 0) is 26.0 Å². The molecule has 0 aliphatic carbocycles. The van der Waals surface area contributed by atoms with E-state index in [-0.39, 0.29) is 35.9 Å². The van der Waals surface area contributed by atoms with Crippen LogP contribution in [0.25, 0.3) is 0 Å². The van der Waals surface area contributed by atoms with Gasteiger partial charge in [-0.2, -0.15) is 6.67 Å². The Morgan fingerprint density at radius 3 is 1.60 bits per heavy atom. The topological polar surface area (TPSA) is 6.48 Å². The van der Waals surface area contributed by atoms with E-state index in [2.05, 4.69) is 67.7 Å².